The highest BCUT2D eigenvalue weighted by Crippen LogP contribution is 2.29. The number of carbonyl (C=O) groups excluding carboxylic acids is 2. The quantitative estimate of drug-likeness (QED) is 0.496. The Morgan fingerprint density at radius 3 is 2.57 bits per heavy atom. The molecule has 120 valence electrons. The minimum Gasteiger partial charge on any atom is -0.493 e. The zero-order valence-electron chi connectivity index (χ0n) is 12.5. The molecule has 2 amide bonds. The number of amides is 2. The molecule has 2 aromatic rings. The Labute approximate surface area is 136 Å². The normalized spacial score (nSPS) is 10.3. The first-order chi connectivity index (χ1) is 11.1. The second kappa shape index (κ2) is 7.95. The van der Waals surface area contributed by atoms with Gasteiger partial charge in [0.1, 0.15) is 0 Å². The molecule has 7 nitrogen and oxygen atoms in total. The summed E-state index contributed by atoms with van der Waals surface area (Å²) in [4.78, 5) is 24.3. The van der Waals surface area contributed by atoms with Crippen LogP contribution in [-0.2, 0) is 9.59 Å². The van der Waals surface area contributed by atoms with Crippen LogP contribution in [0.2, 0.25) is 0 Å². The molecular formula is C15H15N3O4S. The van der Waals surface area contributed by atoms with Gasteiger partial charge in [0, 0.05) is 16.6 Å². The molecule has 2 rings (SSSR count). The zero-order valence-corrected chi connectivity index (χ0v) is 13.3. The molecule has 0 aliphatic heterocycles. The van der Waals surface area contributed by atoms with Gasteiger partial charge < -0.3 is 14.8 Å². The number of nitrogens with one attached hydrogen (secondary N) is 2. The third-order valence-corrected chi connectivity index (χ3v) is 3.56. The van der Waals surface area contributed by atoms with Gasteiger partial charge in [-0.15, -0.1) is 11.3 Å². The molecule has 1 heterocycles. The monoisotopic (exact) mass is 333 g/mol. The number of anilines is 1. The average Bonchev–Trinajstić information content (AvgIpc) is 3.07. The topological polar surface area (TPSA) is 89.0 Å². The maximum Gasteiger partial charge on any atom is 0.329 e. The summed E-state index contributed by atoms with van der Waals surface area (Å²) in [5, 5.41) is 8.05. The lowest BCUT2D eigenvalue weighted by molar-refractivity contribution is -0.136. The fourth-order valence-electron chi connectivity index (χ4n) is 1.67. The molecule has 1 aromatic heterocycles. The molecule has 0 aliphatic rings. The highest BCUT2D eigenvalue weighted by Gasteiger charge is 2.14. The summed E-state index contributed by atoms with van der Waals surface area (Å²) < 4.78 is 10.2. The van der Waals surface area contributed by atoms with Crippen molar-refractivity contribution in [3.8, 4) is 11.5 Å². The summed E-state index contributed by atoms with van der Waals surface area (Å²) in [7, 11) is 2.99. The van der Waals surface area contributed by atoms with Crippen LogP contribution in [0.1, 0.15) is 4.88 Å². The highest BCUT2D eigenvalue weighted by molar-refractivity contribution is 7.11. The summed E-state index contributed by atoms with van der Waals surface area (Å²) in [6.07, 6.45) is 1.46. The van der Waals surface area contributed by atoms with E-state index < -0.39 is 11.8 Å². The van der Waals surface area contributed by atoms with Gasteiger partial charge in [0.05, 0.1) is 20.4 Å². The maximum absolute atomic E-state index is 11.8. The third kappa shape index (κ3) is 4.55. The number of methoxy groups -OCH3 is 2. The van der Waals surface area contributed by atoms with E-state index >= 15 is 0 Å². The number of rotatable bonds is 5. The third-order valence-electron chi connectivity index (χ3n) is 2.75. The van der Waals surface area contributed by atoms with Crippen LogP contribution in [-0.4, -0.2) is 32.2 Å². The van der Waals surface area contributed by atoms with Crippen molar-refractivity contribution in [3.63, 3.8) is 0 Å². The first kappa shape index (κ1) is 16.5. The molecule has 23 heavy (non-hydrogen) atoms. The Hall–Kier alpha value is -2.87. The van der Waals surface area contributed by atoms with Crippen LogP contribution in [0, 0.1) is 0 Å². The van der Waals surface area contributed by atoms with E-state index in [-0.39, 0.29) is 0 Å². The van der Waals surface area contributed by atoms with Crippen molar-refractivity contribution in [1.82, 2.24) is 5.43 Å². The van der Waals surface area contributed by atoms with Crippen molar-refractivity contribution in [2.75, 3.05) is 19.5 Å². The van der Waals surface area contributed by atoms with Crippen LogP contribution in [0.4, 0.5) is 5.69 Å². The van der Waals surface area contributed by atoms with Crippen LogP contribution in [0.3, 0.4) is 0 Å². The molecule has 0 unspecified atom stereocenters. The van der Waals surface area contributed by atoms with Gasteiger partial charge in [0.25, 0.3) is 0 Å². The van der Waals surface area contributed by atoms with E-state index in [1.54, 1.807) is 18.2 Å². The molecular weight excluding hydrogens is 318 g/mol. The molecule has 0 spiro atoms. The lowest BCUT2D eigenvalue weighted by Crippen LogP contribution is -2.32. The number of carbonyl (C=O) groups is 2. The molecule has 0 saturated heterocycles. The predicted octanol–water partition coefficient (Wildman–Crippen LogP) is 1.85. The van der Waals surface area contributed by atoms with Crippen molar-refractivity contribution in [2.45, 2.75) is 0 Å². The summed E-state index contributed by atoms with van der Waals surface area (Å²) in [5.74, 6) is -0.731. The van der Waals surface area contributed by atoms with Gasteiger partial charge in [-0.2, -0.15) is 5.10 Å². The van der Waals surface area contributed by atoms with E-state index in [1.807, 2.05) is 17.5 Å². The SMILES string of the molecule is COc1ccc(NC(=O)C(=O)N/N=C\c2cccs2)cc1OC. The first-order valence-electron chi connectivity index (χ1n) is 6.54. The standard InChI is InChI=1S/C15H15N3O4S/c1-21-12-6-5-10(8-13(12)22-2)17-14(19)15(20)18-16-9-11-4-3-7-23-11/h3-9H,1-2H3,(H,17,19)(H,18,20)/b16-9-. The summed E-state index contributed by atoms with van der Waals surface area (Å²) in [6, 6.07) is 8.48. The number of hydrazone groups is 1. The minimum absolute atomic E-state index is 0.407. The minimum atomic E-state index is -0.868. The van der Waals surface area contributed by atoms with Crippen LogP contribution in [0.15, 0.2) is 40.8 Å². The number of thiophene rings is 1. The van der Waals surface area contributed by atoms with Crippen molar-refractivity contribution >= 4 is 35.1 Å². The molecule has 0 bridgehead atoms. The van der Waals surface area contributed by atoms with Gasteiger partial charge in [0.15, 0.2) is 11.5 Å². The largest absolute Gasteiger partial charge is 0.493 e. The van der Waals surface area contributed by atoms with Crippen molar-refractivity contribution in [1.29, 1.82) is 0 Å². The summed E-state index contributed by atoms with van der Waals surface area (Å²) >= 11 is 1.47. The average molecular weight is 333 g/mol. The summed E-state index contributed by atoms with van der Waals surface area (Å²) in [5.41, 5.74) is 2.57. The van der Waals surface area contributed by atoms with Gasteiger partial charge >= 0.3 is 11.8 Å². The number of benzene rings is 1. The second-order valence-corrected chi connectivity index (χ2v) is 5.22. The second-order valence-electron chi connectivity index (χ2n) is 4.24. The zero-order chi connectivity index (χ0) is 16.7. The van der Waals surface area contributed by atoms with E-state index in [1.165, 1.54) is 31.8 Å². The highest BCUT2D eigenvalue weighted by atomic mass is 32.1. The molecule has 0 atom stereocenters. The smallest absolute Gasteiger partial charge is 0.329 e. The Balaban J connectivity index is 1.94. The Bertz CT molecular complexity index is 714. The van der Waals surface area contributed by atoms with E-state index in [0.717, 1.165) is 4.88 Å². The van der Waals surface area contributed by atoms with Gasteiger partial charge in [-0.3, -0.25) is 9.59 Å². The molecule has 1 aromatic carbocycles. The van der Waals surface area contributed by atoms with Crippen LogP contribution in [0.5, 0.6) is 11.5 Å². The number of ether oxygens (including phenoxy) is 2. The first-order valence-corrected chi connectivity index (χ1v) is 7.42. The lowest BCUT2D eigenvalue weighted by atomic mass is 10.2. The van der Waals surface area contributed by atoms with E-state index in [9.17, 15) is 9.59 Å². The van der Waals surface area contributed by atoms with Crippen molar-refractivity contribution in [3.05, 3.63) is 40.6 Å². The molecule has 0 radical (unpaired) electrons. The van der Waals surface area contributed by atoms with Gasteiger partial charge in [-0.25, -0.2) is 5.43 Å². The molecule has 0 fully saturated rings. The van der Waals surface area contributed by atoms with Crippen molar-refractivity contribution in [2.24, 2.45) is 5.10 Å². The summed E-state index contributed by atoms with van der Waals surface area (Å²) in [6.45, 7) is 0. The van der Waals surface area contributed by atoms with E-state index in [4.69, 9.17) is 9.47 Å². The number of nitrogens with zero attached hydrogens (tertiary/aromatic N) is 1. The van der Waals surface area contributed by atoms with Gasteiger partial charge in [-0.1, -0.05) is 6.07 Å². The van der Waals surface area contributed by atoms with E-state index in [0.29, 0.717) is 17.2 Å². The Morgan fingerprint density at radius 2 is 1.91 bits per heavy atom. The van der Waals surface area contributed by atoms with E-state index in [2.05, 4.69) is 15.8 Å². The fourth-order valence-corrected chi connectivity index (χ4v) is 2.26. The molecule has 2 N–H and O–H groups in total. The molecule has 8 heteroatoms. The number of hydrogen-bond donors (Lipinski definition) is 2. The number of hydrogen-bond acceptors (Lipinski definition) is 6. The maximum atomic E-state index is 11.8. The molecule has 0 saturated carbocycles. The van der Waals surface area contributed by atoms with Crippen LogP contribution >= 0.6 is 11.3 Å². The Morgan fingerprint density at radius 1 is 1.13 bits per heavy atom. The Kier molecular flexibility index (Phi) is 5.70. The lowest BCUT2D eigenvalue weighted by Gasteiger charge is -2.10. The van der Waals surface area contributed by atoms with Crippen molar-refractivity contribution < 1.29 is 19.1 Å². The van der Waals surface area contributed by atoms with Crippen LogP contribution in [0.25, 0.3) is 0 Å². The predicted molar refractivity (Wildman–Crippen MR) is 88.2 cm³/mol. The van der Waals surface area contributed by atoms with Gasteiger partial charge in [-0.05, 0) is 23.6 Å². The van der Waals surface area contributed by atoms with Crippen LogP contribution < -0.4 is 20.2 Å². The fraction of sp³-hybridized carbons (Fsp3) is 0.133. The molecule has 0 aliphatic carbocycles. The van der Waals surface area contributed by atoms with Gasteiger partial charge in [0.2, 0.25) is 0 Å².